The molecule has 3 aromatic rings. The largest absolute Gasteiger partial charge is 0.497 e. The van der Waals surface area contributed by atoms with Crippen molar-refractivity contribution in [1.29, 1.82) is 0 Å². The highest BCUT2D eigenvalue weighted by Crippen LogP contribution is 2.38. The van der Waals surface area contributed by atoms with Crippen molar-refractivity contribution in [2.24, 2.45) is 0 Å². The number of carbonyl (C=O) groups is 1. The van der Waals surface area contributed by atoms with E-state index < -0.39 is 5.97 Å². The molecule has 4 rings (SSSR count). The van der Waals surface area contributed by atoms with Gasteiger partial charge in [-0.1, -0.05) is 37.1 Å². The number of aromatic carboxylic acids is 1. The van der Waals surface area contributed by atoms with E-state index in [-0.39, 0.29) is 12.5 Å². The average molecular weight is 457 g/mol. The van der Waals surface area contributed by atoms with Crippen molar-refractivity contribution in [2.75, 3.05) is 13.9 Å². The number of benzene rings is 2. The van der Waals surface area contributed by atoms with Crippen LogP contribution in [-0.2, 0) is 19.4 Å². The second kappa shape index (κ2) is 9.53. The summed E-state index contributed by atoms with van der Waals surface area (Å²) in [6.45, 7) is 2.57. The Kier molecular flexibility index (Phi) is 6.55. The molecule has 0 amide bonds. The van der Waals surface area contributed by atoms with Crippen LogP contribution in [0.3, 0.4) is 0 Å². The van der Waals surface area contributed by atoms with E-state index in [0.717, 1.165) is 29.7 Å². The number of aromatic nitrogens is 2. The third-order valence-electron chi connectivity index (χ3n) is 5.48. The standard InChI is InChI=1S/C24H25ClN2O5/c1-3-4-8-20-18(10-16-11-21-22(12-19(16)25)32-14-31-21)23(24(28)29)27(26-20)13-15-6-5-7-17(9-15)30-2/h5-7,9,11-12H,3-4,8,10,13-14H2,1-2H3,(H,28,29). The van der Waals surface area contributed by atoms with Crippen LogP contribution >= 0.6 is 11.6 Å². The SMILES string of the molecule is CCCCc1nn(Cc2cccc(OC)c2)c(C(=O)O)c1Cc1cc2c(cc1Cl)OCO2. The van der Waals surface area contributed by atoms with E-state index in [1.54, 1.807) is 17.9 Å². The molecule has 168 valence electrons. The van der Waals surface area contributed by atoms with Crippen molar-refractivity contribution in [1.82, 2.24) is 9.78 Å². The van der Waals surface area contributed by atoms with Crippen LogP contribution in [-0.4, -0.2) is 34.8 Å². The van der Waals surface area contributed by atoms with E-state index >= 15 is 0 Å². The monoisotopic (exact) mass is 456 g/mol. The molecule has 1 N–H and O–H groups in total. The zero-order valence-electron chi connectivity index (χ0n) is 18.1. The van der Waals surface area contributed by atoms with Crippen LogP contribution in [0, 0.1) is 0 Å². The highest BCUT2D eigenvalue weighted by molar-refractivity contribution is 6.31. The number of fused-ring (bicyclic) bond motifs is 1. The van der Waals surface area contributed by atoms with Gasteiger partial charge in [-0.15, -0.1) is 0 Å². The lowest BCUT2D eigenvalue weighted by Crippen LogP contribution is -2.13. The summed E-state index contributed by atoms with van der Waals surface area (Å²) in [6.07, 6.45) is 2.93. The summed E-state index contributed by atoms with van der Waals surface area (Å²) in [4.78, 5) is 12.3. The van der Waals surface area contributed by atoms with Crippen LogP contribution in [0.25, 0.3) is 0 Å². The maximum Gasteiger partial charge on any atom is 0.354 e. The average Bonchev–Trinajstić information content (AvgIpc) is 3.36. The van der Waals surface area contributed by atoms with Crippen molar-refractivity contribution in [3.63, 3.8) is 0 Å². The molecule has 1 aliphatic rings. The Morgan fingerprint density at radius 2 is 2.03 bits per heavy atom. The minimum atomic E-state index is -1.02. The summed E-state index contributed by atoms with van der Waals surface area (Å²) in [7, 11) is 1.60. The highest BCUT2D eigenvalue weighted by atomic mass is 35.5. The number of halogens is 1. The number of rotatable bonds is 9. The second-order valence-electron chi connectivity index (χ2n) is 7.67. The molecule has 0 aliphatic carbocycles. The number of unbranched alkanes of at least 4 members (excludes halogenated alkanes) is 1. The Morgan fingerprint density at radius 1 is 1.25 bits per heavy atom. The van der Waals surface area contributed by atoms with E-state index in [2.05, 4.69) is 6.92 Å². The number of nitrogens with zero attached hydrogens (tertiary/aromatic N) is 2. The Balaban J connectivity index is 1.75. The number of hydrogen-bond acceptors (Lipinski definition) is 5. The lowest BCUT2D eigenvalue weighted by molar-refractivity contribution is 0.0683. The minimum Gasteiger partial charge on any atom is -0.497 e. The highest BCUT2D eigenvalue weighted by Gasteiger charge is 2.25. The number of carboxylic acids is 1. The summed E-state index contributed by atoms with van der Waals surface area (Å²) in [5.74, 6) is 0.900. The van der Waals surface area contributed by atoms with Gasteiger partial charge in [-0.3, -0.25) is 4.68 Å². The maximum atomic E-state index is 12.3. The summed E-state index contributed by atoms with van der Waals surface area (Å²) >= 11 is 6.49. The van der Waals surface area contributed by atoms with E-state index in [1.807, 2.05) is 30.3 Å². The third-order valence-corrected chi connectivity index (χ3v) is 5.83. The smallest absolute Gasteiger partial charge is 0.354 e. The molecule has 8 heteroatoms. The first-order valence-corrected chi connectivity index (χ1v) is 10.9. The molecule has 2 heterocycles. The summed E-state index contributed by atoms with van der Waals surface area (Å²) < 4.78 is 17.7. The lowest BCUT2D eigenvalue weighted by atomic mass is 9.99. The molecular weight excluding hydrogens is 432 g/mol. The maximum absolute atomic E-state index is 12.3. The van der Waals surface area contributed by atoms with Gasteiger partial charge in [0.1, 0.15) is 11.4 Å². The molecule has 0 saturated carbocycles. The van der Waals surface area contributed by atoms with E-state index in [0.29, 0.717) is 47.2 Å². The van der Waals surface area contributed by atoms with Crippen LogP contribution in [0.2, 0.25) is 5.02 Å². The van der Waals surface area contributed by atoms with Crippen molar-refractivity contribution in [2.45, 2.75) is 39.2 Å². The van der Waals surface area contributed by atoms with Crippen LogP contribution in [0.1, 0.15) is 52.6 Å². The van der Waals surface area contributed by atoms with Crippen LogP contribution < -0.4 is 14.2 Å². The van der Waals surface area contributed by atoms with E-state index in [1.165, 1.54) is 0 Å². The first kappa shape index (κ1) is 22.0. The normalized spacial score (nSPS) is 12.2. The van der Waals surface area contributed by atoms with E-state index in [9.17, 15) is 9.90 Å². The van der Waals surface area contributed by atoms with Gasteiger partial charge in [0.2, 0.25) is 6.79 Å². The molecule has 0 saturated heterocycles. The summed E-state index contributed by atoms with van der Waals surface area (Å²) in [5, 5.41) is 15.3. The fourth-order valence-electron chi connectivity index (χ4n) is 3.86. The van der Waals surface area contributed by atoms with Gasteiger partial charge in [0, 0.05) is 23.1 Å². The molecule has 1 aromatic heterocycles. The molecule has 0 bridgehead atoms. The predicted molar refractivity (Wildman–Crippen MR) is 120 cm³/mol. The molecule has 0 fully saturated rings. The topological polar surface area (TPSA) is 82.8 Å². The molecule has 0 unspecified atom stereocenters. The molecule has 0 atom stereocenters. The Labute approximate surface area is 191 Å². The molecule has 1 aliphatic heterocycles. The van der Waals surface area contributed by atoms with Crippen molar-refractivity contribution in [3.05, 3.63) is 69.5 Å². The zero-order chi connectivity index (χ0) is 22.7. The minimum absolute atomic E-state index is 0.149. The Hall–Kier alpha value is -3.19. The summed E-state index contributed by atoms with van der Waals surface area (Å²) in [6, 6.07) is 11.1. The van der Waals surface area contributed by atoms with Crippen LogP contribution in [0.15, 0.2) is 36.4 Å². The van der Waals surface area contributed by atoms with Crippen molar-refractivity contribution >= 4 is 17.6 Å². The number of ether oxygens (including phenoxy) is 3. The predicted octanol–water partition coefficient (Wildman–Crippen LogP) is 4.95. The molecule has 0 spiro atoms. The lowest BCUT2D eigenvalue weighted by Gasteiger charge is -2.09. The fraction of sp³-hybridized carbons (Fsp3) is 0.333. The fourth-order valence-corrected chi connectivity index (χ4v) is 4.08. The number of hydrogen-bond donors (Lipinski definition) is 1. The van der Waals surface area contributed by atoms with Gasteiger partial charge in [-0.2, -0.15) is 5.10 Å². The van der Waals surface area contributed by atoms with Gasteiger partial charge < -0.3 is 19.3 Å². The Morgan fingerprint density at radius 3 is 2.75 bits per heavy atom. The third kappa shape index (κ3) is 4.53. The van der Waals surface area contributed by atoms with Gasteiger partial charge in [0.25, 0.3) is 0 Å². The Bertz CT molecular complexity index is 1140. The van der Waals surface area contributed by atoms with Gasteiger partial charge >= 0.3 is 5.97 Å². The molecule has 0 radical (unpaired) electrons. The summed E-state index contributed by atoms with van der Waals surface area (Å²) in [5.41, 5.74) is 3.31. The van der Waals surface area contributed by atoms with Crippen molar-refractivity contribution < 1.29 is 24.1 Å². The number of carboxylic acid groups (broad SMARTS) is 1. The molecular formula is C24H25ClN2O5. The first-order valence-electron chi connectivity index (χ1n) is 10.5. The van der Waals surface area contributed by atoms with Gasteiger partial charge in [0.15, 0.2) is 11.5 Å². The van der Waals surface area contributed by atoms with Gasteiger partial charge in [0.05, 0.1) is 19.3 Å². The number of methoxy groups -OCH3 is 1. The molecule has 32 heavy (non-hydrogen) atoms. The first-order chi connectivity index (χ1) is 15.5. The molecule has 7 nitrogen and oxygen atoms in total. The molecule has 2 aromatic carbocycles. The van der Waals surface area contributed by atoms with Crippen LogP contribution in [0.5, 0.6) is 17.2 Å². The van der Waals surface area contributed by atoms with Gasteiger partial charge in [-0.05, 0) is 42.2 Å². The zero-order valence-corrected chi connectivity index (χ0v) is 18.8. The van der Waals surface area contributed by atoms with Crippen molar-refractivity contribution in [3.8, 4) is 17.2 Å². The van der Waals surface area contributed by atoms with Crippen LogP contribution in [0.4, 0.5) is 0 Å². The number of aryl methyl sites for hydroxylation is 1. The van der Waals surface area contributed by atoms with Gasteiger partial charge in [-0.25, -0.2) is 4.79 Å². The van der Waals surface area contributed by atoms with E-state index in [4.69, 9.17) is 30.9 Å². The second-order valence-corrected chi connectivity index (χ2v) is 8.07. The quantitative estimate of drug-likeness (QED) is 0.490.